The standard InChI is InChI=1S/C7H15ClO2S/c1-11(9,10)7-5-3-2-4-6-8/h2-7H2,1H3. The second-order valence-electron chi connectivity index (χ2n) is 2.73. The summed E-state index contributed by atoms with van der Waals surface area (Å²) >= 11 is 5.45. The first-order chi connectivity index (χ1) is 5.06. The summed E-state index contributed by atoms with van der Waals surface area (Å²) in [5.74, 6) is 0.994. The van der Waals surface area contributed by atoms with Crippen LogP contribution in [0, 0.1) is 0 Å². The van der Waals surface area contributed by atoms with Crippen LogP contribution in [-0.4, -0.2) is 26.3 Å². The molecule has 11 heavy (non-hydrogen) atoms. The monoisotopic (exact) mass is 198 g/mol. The first-order valence-electron chi connectivity index (χ1n) is 3.80. The summed E-state index contributed by atoms with van der Waals surface area (Å²) < 4.78 is 21.3. The zero-order chi connectivity index (χ0) is 8.74. The molecule has 0 aliphatic rings. The maximum Gasteiger partial charge on any atom is 0.147 e. The molecule has 0 atom stereocenters. The maximum absolute atomic E-state index is 10.6. The lowest BCUT2D eigenvalue weighted by molar-refractivity contribution is 0.595. The number of hydrogen-bond acceptors (Lipinski definition) is 2. The van der Waals surface area contributed by atoms with Crippen LogP contribution in [0.25, 0.3) is 0 Å². The number of hydrogen-bond donors (Lipinski definition) is 0. The predicted octanol–water partition coefficient (Wildman–Crippen LogP) is 1.83. The van der Waals surface area contributed by atoms with Crippen LogP contribution >= 0.6 is 11.6 Å². The van der Waals surface area contributed by atoms with Gasteiger partial charge in [0.2, 0.25) is 0 Å². The molecular weight excluding hydrogens is 184 g/mol. The molecule has 0 saturated carbocycles. The Morgan fingerprint density at radius 2 is 1.64 bits per heavy atom. The molecule has 0 bridgehead atoms. The van der Waals surface area contributed by atoms with Crippen LogP contribution in [0.1, 0.15) is 25.7 Å². The highest BCUT2D eigenvalue weighted by Gasteiger charge is 2.00. The third kappa shape index (κ3) is 10.2. The van der Waals surface area contributed by atoms with Crippen molar-refractivity contribution in [3.8, 4) is 0 Å². The minimum absolute atomic E-state index is 0.315. The lowest BCUT2D eigenvalue weighted by Gasteiger charge is -1.97. The van der Waals surface area contributed by atoms with Crippen molar-refractivity contribution in [1.82, 2.24) is 0 Å². The molecule has 0 aliphatic carbocycles. The van der Waals surface area contributed by atoms with E-state index in [0.717, 1.165) is 25.7 Å². The fraction of sp³-hybridized carbons (Fsp3) is 1.00. The highest BCUT2D eigenvalue weighted by Crippen LogP contribution is 2.02. The molecule has 0 N–H and O–H groups in total. The molecule has 0 aromatic rings. The summed E-state index contributed by atoms with van der Waals surface area (Å²) in [5.41, 5.74) is 0. The molecule has 0 aromatic carbocycles. The quantitative estimate of drug-likeness (QED) is 0.482. The Kier molecular flexibility index (Phi) is 5.96. The Morgan fingerprint density at radius 1 is 1.09 bits per heavy atom. The van der Waals surface area contributed by atoms with E-state index >= 15 is 0 Å². The summed E-state index contributed by atoms with van der Waals surface area (Å²) in [6.45, 7) is 0. The molecular formula is C7H15ClO2S. The lowest BCUT2D eigenvalue weighted by atomic mass is 10.2. The first kappa shape index (κ1) is 11.2. The van der Waals surface area contributed by atoms with Gasteiger partial charge in [0.15, 0.2) is 0 Å². The van der Waals surface area contributed by atoms with Crippen molar-refractivity contribution in [2.24, 2.45) is 0 Å². The van der Waals surface area contributed by atoms with Crippen LogP contribution in [0.5, 0.6) is 0 Å². The Labute approximate surface area is 73.9 Å². The average molecular weight is 199 g/mol. The first-order valence-corrected chi connectivity index (χ1v) is 6.39. The molecule has 0 spiro atoms. The van der Waals surface area contributed by atoms with Crippen molar-refractivity contribution >= 4 is 21.4 Å². The highest BCUT2D eigenvalue weighted by atomic mass is 35.5. The Morgan fingerprint density at radius 3 is 2.09 bits per heavy atom. The van der Waals surface area contributed by atoms with Crippen molar-refractivity contribution in [1.29, 1.82) is 0 Å². The number of alkyl halides is 1. The minimum atomic E-state index is -2.74. The van der Waals surface area contributed by atoms with Crippen LogP contribution < -0.4 is 0 Å². The molecule has 0 heterocycles. The van der Waals surface area contributed by atoms with Crippen LogP contribution in [-0.2, 0) is 9.84 Å². The summed E-state index contributed by atoms with van der Waals surface area (Å²) in [5, 5.41) is 0. The number of halogens is 1. The molecule has 0 aliphatic heterocycles. The zero-order valence-electron chi connectivity index (χ0n) is 6.85. The second kappa shape index (κ2) is 5.84. The predicted molar refractivity (Wildman–Crippen MR) is 48.9 cm³/mol. The molecule has 2 nitrogen and oxygen atoms in total. The van der Waals surface area contributed by atoms with Crippen molar-refractivity contribution in [2.45, 2.75) is 25.7 Å². The largest absolute Gasteiger partial charge is 0.229 e. The minimum Gasteiger partial charge on any atom is -0.229 e. The third-order valence-corrected chi connectivity index (χ3v) is 2.70. The van der Waals surface area contributed by atoms with Gasteiger partial charge in [-0.1, -0.05) is 12.8 Å². The molecule has 4 heteroatoms. The van der Waals surface area contributed by atoms with Gasteiger partial charge in [0.05, 0.1) is 0 Å². The van der Waals surface area contributed by atoms with E-state index in [0.29, 0.717) is 11.6 Å². The molecule has 0 fully saturated rings. The molecule has 68 valence electrons. The van der Waals surface area contributed by atoms with Gasteiger partial charge in [0.1, 0.15) is 9.84 Å². The zero-order valence-corrected chi connectivity index (χ0v) is 8.42. The van der Waals surface area contributed by atoms with Crippen molar-refractivity contribution in [2.75, 3.05) is 17.9 Å². The number of rotatable bonds is 6. The van der Waals surface area contributed by atoms with Gasteiger partial charge in [0.25, 0.3) is 0 Å². The molecule has 0 aromatic heterocycles. The Hall–Kier alpha value is 0.240. The average Bonchev–Trinajstić information content (AvgIpc) is 1.85. The molecule has 0 unspecified atom stereocenters. The van der Waals surface area contributed by atoms with Crippen LogP contribution in [0.15, 0.2) is 0 Å². The van der Waals surface area contributed by atoms with E-state index in [-0.39, 0.29) is 0 Å². The molecule has 0 saturated heterocycles. The highest BCUT2D eigenvalue weighted by molar-refractivity contribution is 7.90. The van der Waals surface area contributed by atoms with E-state index in [2.05, 4.69) is 0 Å². The fourth-order valence-electron chi connectivity index (χ4n) is 0.812. The van der Waals surface area contributed by atoms with E-state index in [1.165, 1.54) is 6.26 Å². The smallest absolute Gasteiger partial charge is 0.147 e. The summed E-state index contributed by atoms with van der Waals surface area (Å²) in [6, 6.07) is 0. The van der Waals surface area contributed by atoms with E-state index in [1.807, 2.05) is 0 Å². The van der Waals surface area contributed by atoms with Gasteiger partial charge in [-0.2, -0.15) is 0 Å². The van der Waals surface area contributed by atoms with E-state index in [1.54, 1.807) is 0 Å². The van der Waals surface area contributed by atoms with Gasteiger partial charge in [-0.3, -0.25) is 0 Å². The van der Waals surface area contributed by atoms with Gasteiger partial charge in [0, 0.05) is 17.9 Å². The van der Waals surface area contributed by atoms with Gasteiger partial charge < -0.3 is 0 Å². The number of unbranched alkanes of at least 4 members (excludes halogenated alkanes) is 3. The van der Waals surface area contributed by atoms with Crippen molar-refractivity contribution in [3.63, 3.8) is 0 Å². The summed E-state index contributed by atoms with van der Waals surface area (Å²) in [6.07, 6.45) is 5.05. The van der Waals surface area contributed by atoms with E-state index in [4.69, 9.17) is 11.6 Å². The second-order valence-corrected chi connectivity index (χ2v) is 5.37. The normalized spacial score (nSPS) is 11.8. The van der Waals surface area contributed by atoms with Crippen LogP contribution in [0.4, 0.5) is 0 Å². The fourth-order valence-corrected chi connectivity index (χ4v) is 1.73. The summed E-state index contributed by atoms with van der Waals surface area (Å²) in [4.78, 5) is 0. The molecule has 0 amide bonds. The van der Waals surface area contributed by atoms with Gasteiger partial charge in [-0.25, -0.2) is 8.42 Å². The topological polar surface area (TPSA) is 34.1 Å². The van der Waals surface area contributed by atoms with E-state index < -0.39 is 9.84 Å². The Balaban J connectivity index is 3.16. The number of sulfone groups is 1. The summed E-state index contributed by atoms with van der Waals surface area (Å²) in [7, 11) is -2.74. The van der Waals surface area contributed by atoms with Gasteiger partial charge in [-0.15, -0.1) is 11.6 Å². The SMILES string of the molecule is CS(=O)(=O)CCCCCCCl. The van der Waals surface area contributed by atoms with Crippen molar-refractivity contribution in [3.05, 3.63) is 0 Å². The van der Waals surface area contributed by atoms with Crippen molar-refractivity contribution < 1.29 is 8.42 Å². The van der Waals surface area contributed by atoms with Crippen LogP contribution in [0.3, 0.4) is 0 Å². The maximum atomic E-state index is 10.6. The lowest BCUT2D eigenvalue weighted by Crippen LogP contribution is -2.02. The molecule has 0 rings (SSSR count). The van der Waals surface area contributed by atoms with Gasteiger partial charge in [-0.05, 0) is 12.8 Å². The van der Waals surface area contributed by atoms with Gasteiger partial charge >= 0.3 is 0 Å². The van der Waals surface area contributed by atoms with Crippen LogP contribution in [0.2, 0.25) is 0 Å². The van der Waals surface area contributed by atoms with E-state index in [9.17, 15) is 8.42 Å². The Bertz CT molecular complexity index is 175. The third-order valence-electron chi connectivity index (χ3n) is 1.40. The molecule has 0 radical (unpaired) electrons.